The van der Waals surface area contributed by atoms with Crippen LogP contribution >= 0.6 is 0 Å². The van der Waals surface area contributed by atoms with E-state index in [0.29, 0.717) is 12.1 Å². The number of halogens is 1. The molecule has 5 rings (SSSR count). The molecule has 0 N–H and O–H groups in total. The molecule has 2 heterocycles. The lowest BCUT2D eigenvalue weighted by Crippen LogP contribution is -2.53. The predicted molar refractivity (Wildman–Crippen MR) is 164 cm³/mol. The first-order valence-electron chi connectivity index (χ1n) is 15.2. The second-order valence-electron chi connectivity index (χ2n) is 11.8. The summed E-state index contributed by atoms with van der Waals surface area (Å²) in [7, 11) is 1.78. The molecule has 0 aliphatic carbocycles. The minimum atomic E-state index is -0.153. The van der Waals surface area contributed by atoms with Gasteiger partial charge in [0, 0.05) is 76.5 Å². The van der Waals surface area contributed by atoms with Gasteiger partial charge in [0.1, 0.15) is 11.6 Å². The summed E-state index contributed by atoms with van der Waals surface area (Å²) < 4.78 is 19.4. The average molecular weight is 547 g/mol. The maximum absolute atomic E-state index is 13.7. The predicted octanol–water partition coefficient (Wildman–Crippen LogP) is 5.70. The van der Waals surface area contributed by atoms with Crippen molar-refractivity contribution in [2.75, 3.05) is 72.6 Å². The Bertz CT molecular complexity index is 1200. The van der Waals surface area contributed by atoms with Crippen molar-refractivity contribution in [2.45, 2.75) is 45.2 Å². The van der Waals surface area contributed by atoms with Gasteiger partial charge in [0.05, 0.1) is 7.11 Å². The quantitative estimate of drug-likeness (QED) is 0.287. The molecule has 0 radical (unpaired) electrons. The molecule has 40 heavy (non-hydrogen) atoms. The number of ether oxygens (including phenoxy) is 1. The number of unbranched alkanes of at least 4 members (excludes halogenated alkanes) is 1. The molecule has 0 unspecified atom stereocenters. The van der Waals surface area contributed by atoms with Gasteiger partial charge in [0.15, 0.2) is 0 Å². The SMILES string of the molecule is COc1ccc2ccccc2c1CCCCN1CCN(C[C@@H](c2ccc(F)cc2)N2CCN(C(C)C)CC2)CC1. The smallest absolute Gasteiger partial charge is 0.123 e. The number of hydrogen-bond acceptors (Lipinski definition) is 5. The van der Waals surface area contributed by atoms with Gasteiger partial charge in [-0.3, -0.25) is 14.7 Å². The number of benzene rings is 3. The third kappa shape index (κ3) is 7.22. The van der Waals surface area contributed by atoms with Crippen molar-refractivity contribution in [1.29, 1.82) is 0 Å². The third-order valence-corrected chi connectivity index (χ3v) is 9.04. The first kappa shape index (κ1) is 29.0. The lowest BCUT2D eigenvalue weighted by molar-refractivity contribution is 0.0480. The molecule has 2 aliphatic heterocycles. The summed E-state index contributed by atoms with van der Waals surface area (Å²) in [5, 5.41) is 2.60. The summed E-state index contributed by atoms with van der Waals surface area (Å²) in [5.74, 6) is 0.855. The van der Waals surface area contributed by atoms with Gasteiger partial charge in [-0.25, -0.2) is 4.39 Å². The van der Waals surface area contributed by atoms with E-state index in [0.717, 1.165) is 77.6 Å². The zero-order valence-electron chi connectivity index (χ0n) is 24.7. The van der Waals surface area contributed by atoms with Crippen LogP contribution in [0.2, 0.25) is 0 Å². The van der Waals surface area contributed by atoms with Crippen molar-refractivity contribution in [3.63, 3.8) is 0 Å². The molecule has 2 saturated heterocycles. The van der Waals surface area contributed by atoms with Crippen LogP contribution in [0.15, 0.2) is 60.7 Å². The molecule has 1 atom stereocenters. The van der Waals surface area contributed by atoms with Crippen LogP contribution in [0.25, 0.3) is 10.8 Å². The number of hydrogen-bond donors (Lipinski definition) is 0. The van der Waals surface area contributed by atoms with Gasteiger partial charge in [-0.05, 0) is 74.2 Å². The van der Waals surface area contributed by atoms with Crippen molar-refractivity contribution in [1.82, 2.24) is 19.6 Å². The van der Waals surface area contributed by atoms with E-state index in [4.69, 9.17) is 4.74 Å². The molecule has 2 aliphatic rings. The van der Waals surface area contributed by atoms with Gasteiger partial charge >= 0.3 is 0 Å². The molecule has 6 heteroatoms. The highest BCUT2D eigenvalue weighted by atomic mass is 19.1. The molecule has 216 valence electrons. The lowest BCUT2D eigenvalue weighted by atomic mass is 9.99. The maximum atomic E-state index is 13.7. The lowest BCUT2D eigenvalue weighted by Gasteiger charge is -2.43. The summed E-state index contributed by atoms with van der Waals surface area (Å²) in [6, 6.07) is 21.0. The van der Waals surface area contributed by atoms with Crippen molar-refractivity contribution in [3.8, 4) is 5.75 Å². The van der Waals surface area contributed by atoms with Crippen LogP contribution in [0.4, 0.5) is 4.39 Å². The molecular weight excluding hydrogens is 499 g/mol. The van der Waals surface area contributed by atoms with Crippen LogP contribution in [0.5, 0.6) is 5.75 Å². The van der Waals surface area contributed by atoms with E-state index in [1.165, 1.54) is 34.7 Å². The fourth-order valence-electron chi connectivity index (χ4n) is 6.52. The Morgan fingerprint density at radius 3 is 2.12 bits per heavy atom. The highest BCUT2D eigenvalue weighted by Gasteiger charge is 2.29. The highest BCUT2D eigenvalue weighted by molar-refractivity contribution is 5.87. The molecule has 0 aromatic heterocycles. The zero-order valence-corrected chi connectivity index (χ0v) is 24.7. The topological polar surface area (TPSA) is 22.2 Å². The molecule has 2 fully saturated rings. The van der Waals surface area contributed by atoms with Gasteiger partial charge in [-0.1, -0.05) is 42.5 Å². The van der Waals surface area contributed by atoms with Gasteiger partial charge in [-0.15, -0.1) is 0 Å². The Morgan fingerprint density at radius 1 is 0.750 bits per heavy atom. The number of methoxy groups -OCH3 is 1. The van der Waals surface area contributed by atoms with Crippen LogP contribution in [-0.2, 0) is 6.42 Å². The van der Waals surface area contributed by atoms with Gasteiger partial charge in [0.2, 0.25) is 0 Å². The maximum Gasteiger partial charge on any atom is 0.123 e. The van der Waals surface area contributed by atoms with Crippen LogP contribution in [0.1, 0.15) is 43.9 Å². The molecule has 0 bridgehead atoms. The van der Waals surface area contributed by atoms with Crippen LogP contribution in [0.3, 0.4) is 0 Å². The van der Waals surface area contributed by atoms with Crippen molar-refractivity contribution in [3.05, 3.63) is 77.6 Å². The van der Waals surface area contributed by atoms with E-state index in [9.17, 15) is 4.39 Å². The van der Waals surface area contributed by atoms with Crippen LogP contribution in [-0.4, -0.2) is 98.2 Å². The van der Waals surface area contributed by atoms with E-state index >= 15 is 0 Å². The molecule has 3 aromatic rings. The summed E-state index contributed by atoms with van der Waals surface area (Å²) in [5.41, 5.74) is 2.58. The van der Waals surface area contributed by atoms with Crippen LogP contribution < -0.4 is 4.74 Å². The summed E-state index contributed by atoms with van der Waals surface area (Å²) >= 11 is 0. The Hall–Kier alpha value is -2.51. The Kier molecular flexibility index (Phi) is 10.1. The monoisotopic (exact) mass is 546 g/mol. The molecule has 3 aromatic carbocycles. The Morgan fingerprint density at radius 2 is 1.43 bits per heavy atom. The number of aryl methyl sites for hydroxylation is 1. The fourth-order valence-corrected chi connectivity index (χ4v) is 6.52. The van der Waals surface area contributed by atoms with E-state index in [1.807, 2.05) is 12.1 Å². The van der Waals surface area contributed by atoms with Gasteiger partial charge < -0.3 is 9.64 Å². The van der Waals surface area contributed by atoms with Gasteiger partial charge in [-0.2, -0.15) is 0 Å². The minimum Gasteiger partial charge on any atom is -0.496 e. The molecule has 0 spiro atoms. The van der Waals surface area contributed by atoms with E-state index < -0.39 is 0 Å². The van der Waals surface area contributed by atoms with Crippen molar-refractivity contribution < 1.29 is 9.13 Å². The molecule has 0 saturated carbocycles. The summed E-state index contributed by atoms with van der Waals surface area (Å²) in [6.07, 6.45) is 3.41. The second kappa shape index (κ2) is 13.9. The average Bonchev–Trinajstić information content (AvgIpc) is 2.99. The normalized spacial score (nSPS) is 18.9. The number of nitrogens with zero attached hydrogens (tertiary/aromatic N) is 4. The second-order valence-corrected chi connectivity index (χ2v) is 11.8. The Balaban J connectivity index is 1.11. The van der Waals surface area contributed by atoms with E-state index in [-0.39, 0.29) is 5.82 Å². The Labute approximate surface area is 240 Å². The molecule has 0 amide bonds. The zero-order chi connectivity index (χ0) is 27.9. The molecule has 5 nitrogen and oxygen atoms in total. The number of fused-ring (bicyclic) bond motifs is 1. The number of piperazine rings is 2. The summed E-state index contributed by atoms with van der Waals surface area (Å²) in [4.78, 5) is 10.4. The summed E-state index contributed by atoms with van der Waals surface area (Å²) in [6.45, 7) is 15.5. The standard InChI is InChI=1S/C34H47FN4O/c1-27(2)38-22-24-39(25-23-38)33(29-11-14-30(35)15-12-29)26-37-20-18-36(19-21-37)17-7-6-10-32-31-9-5-4-8-28(31)13-16-34(32)40-3/h4-5,8-9,11-16,27,33H,6-7,10,17-26H2,1-3H3/t33-/m0/s1. The van der Waals surface area contributed by atoms with Crippen LogP contribution in [0, 0.1) is 5.82 Å². The third-order valence-electron chi connectivity index (χ3n) is 9.04. The minimum absolute atomic E-state index is 0.153. The highest BCUT2D eigenvalue weighted by Crippen LogP contribution is 2.30. The van der Waals surface area contributed by atoms with Gasteiger partial charge in [0.25, 0.3) is 0 Å². The first-order chi connectivity index (χ1) is 19.5. The molecular formula is C34H47FN4O. The largest absolute Gasteiger partial charge is 0.496 e. The number of rotatable bonds is 11. The van der Waals surface area contributed by atoms with E-state index in [2.05, 4.69) is 69.8 Å². The van der Waals surface area contributed by atoms with E-state index in [1.54, 1.807) is 19.2 Å². The van der Waals surface area contributed by atoms with Crippen molar-refractivity contribution >= 4 is 10.8 Å². The first-order valence-corrected chi connectivity index (χ1v) is 15.2. The fraction of sp³-hybridized carbons (Fsp3) is 0.529. The van der Waals surface area contributed by atoms with Crippen molar-refractivity contribution in [2.24, 2.45) is 0 Å².